The number of benzene rings is 1. The number of rotatable bonds is 2. The normalized spacial score (nSPS) is 19.9. The summed E-state index contributed by atoms with van der Waals surface area (Å²) in [5, 5.41) is 0.738. The van der Waals surface area contributed by atoms with Crippen LogP contribution in [0.25, 0.3) is 0 Å². The first-order valence-electron chi connectivity index (χ1n) is 5.85. The Morgan fingerprint density at radius 3 is 3.06 bits per heavy atom. The Morgan fingerprint density at radius 1 is 1.56 bits per heavy atom. The van der Waals surface area contributed by atoms with E-state index in [0.717, 1.165) is 20.9 Å². The van der Waals surface area contributed by atoms with E-state index in [1.54, 1.807) is 0 Å². The van der Waals surface area contributed by atoms with E-state index in [-0.39, 0.29) is 11.9 Å². The van der Waals surface area contributed by atoms with Crippen molar-refractivity contribution in [3.63, 3.8) is 0 Å². The second kappa shape index (κ2) is 6.17. The van der Waals surface area contributed by atoms with Gasteiger partial charge in [0.1, 0.15) is 0 Å². The third kappa shape index (κ3) is 2.78. The third-order valence-corrected chi connectivity index (χ3v) is 4.89. The van der Waals surface area contributed by atoms with E-state index in [0.29, 0.717) is 19.8 Å². The summed E-state index contributed by atoms with van der Waals surface area (Å²) < 4.78 is 6.29. The van der Waals surface area contributed by atoms with E-state index >= 15 is 0 Å². The summed E-state index contributed by atoms with van der Waals surface area (Å²) in [7, 11) is 0. The van der Waals surface area contributed by atoms with Crippen molar-refractivity contribution < 1.29 is 9.53 Å². The molecular formula is C13H15Br2NO2. The van der Waals surface area contributed by atoms with Crippen LogP contribution in [-0.2, 0) is 4.74 Å². The quantitative estimate of drug-likeness (QED) is 0.742. The van der Waals surface area contributed by atoms with Crippen molar-refractivity contribution in [1.29, 1.82) is 0 Å². The van der Waals surface area contributed by atoms with Crippen molar-refractivity contribution in [3.8, 4) is 0 Å². The molecule has 1 amide bonds. The zero-order chi connectivity index (χ0) is 13.1. The van der Waals surface area contributed by atoms with Crippen LogP contribution in [0.4, 0.5) is 0 Å². The van der Waals surface area contributed by atoms with Gasteiger partial charge in [-0.2, -0.15) is 0 Å². The lowest BCUT2D eigenvalue weighted by Gasteiger charge is -2.35. The number of ether oxygens (including phenoxy) is 1. The third-order valence-electron chi connectivity index (χ3n) is 3.09. The molecule has 0 spiro atoms. The largest absolute Gasteiger partial charge is 0.377 e. The van der Waals surface area contributed by atoms with Crippen LogP contribution >= 0.6 is 31.9 Å². The highest BCUT2D eigenvalue weighted by atomic mass is 79.9. The molecule has 0 radical (unpaired) electrons. The maximum atomic E-state index is 12.6. The van der Waals surface area contributed by atoms with E-state index in [1.165, 1.54) is 0 Å². The lowest BCUT2D eigenvalue weighted by molar-refractivity contribution is 0.00519. The number of hydrogen-bond acceptors (Lipinski definition) is 2. The van der Waals surface area contributed by atoms with Crippen molar-refractivity contribution in [1.82, 2.24) is 4.90 Å². The van der Waals surface area contributed by atoms with Gasteiger partial charge in [0.05, 0.1) is 24.8 Å². The molecule has 1 aromatic carbocycles. The molecule has 5 heteroatoms. The van der Waals surface area contributed by atoms with Crippen LogP contribution in [0.1, 0.15) is 15.9 Å². The number of nitrogens with zero attached hydrogens (tertiary/aromatic N) is 1. The van der Waals surface area contributed by atoms with Crippen LogP contribution < -0.4 is 0 Å². The summed E-state index contributed by atoms with van der Waals surface area (Å²) in [4.78, 5) is 14.4. The SMILES string of the molecule is Cc1cccc(C(=O)N2CCOCC2CBr)c1Br. The van der Waals surface area contributed by atoms with Crippen LogP contribution in [0.15, 0.2) is 22.7 Å². The number of carbonyl (C=O) groups is 1. The standard InChI is InChI=1S/C13H15Br2NO2/c1-9-3-2-4-11(12(9)15)13(17)16-5-6-18-8-10(16)7-14/h2-4,10H,5-8H2,1H3. The number of amides is 1. The van der Waals surface area contributed by atoms with Gasteiger partial charge in [-0.15, -0.1) is 0 Å². The Morgan fingerprint density at radius 2 is 2.33 bits per heavy atom. The summed E-state index contributed by atoms with van der Waals surface area (Å²) in [5.41, 5.74) is 1.80. The summed E-state index contributed by atoms with van der Waals surface area (Å²) in [6, 6.07) is 5.87. The van der Waals surface area contributed by atoms with Crippen LogP contribution in [0, 0.1) is 6.92 Å². The van der Waals surface area contributed by atoms with E-state index in [1.807, 2.05) is 30.0 Å². The molecule has 18 heavy (non-hydrogen) atoms. The van der Waals surface area contributed by atoms with E-state index in [9.17, 15) is 4.79 Å². The zero-order valence-corrected chi connectivity index (χ0v) is 13.3. The first kappa shape index (κ1) is 14.0. The van der Waals surface area contributed by atoms with Crippen molar-refractivity contribution >= 4 is 37.8 Å². The minimum Gasteiger partial charge on any atom is -0.377 e. The maximum Gasteiger partial charge on any atom is 0.255 e. The molecule has 1 heterocycles. The average Bonchev–Trinajstić information content (AvgIpc) is 2.41. The van der Waals surface area contributed by atoms with Crippen molar-refractivity contribution in [2.45, 2.75) is 13.0 Å². The summed E-state index contributed by atoms with van der Waals surface area (Å²) in [5.74, 6) is 0.0679. The molecule has 0 aliphatic carbocycles. The highest BCUT2D eigenvalue weighted by Crippen LogP contribution is 2.24. The van der Waals surface area contributed by atoms with Crippen molar-refractivity contribution in [3.05, 3.63) is 33.8 Å². The Kier molecular flexibility index (Phi) is 4.81. The average molecular weight is 377 g/mol. The molecule has 0 saturated carbocycles. The van der Waals surface area contributed by atoms with Gasteiger partial charge in [-0.3, -0.25) is 4.79 Å². The smallest absolute Gasteiger partial charge is 0.255 e. The van der Waals surface area contributed by atoms with Crippen molar-refractivity contribution in [2.75, 3.05) is 25.1 Å². The van der Waals surface area contributed by atoms with Crippen LogP contribution in [0.5, 0.6) is 0 Å². The van der Waals surface area contributed by atoms with Gasteiger partial charge in [-0.05, 0) is 34.5 Å². The lowest BCUT2D eigenvalue weighted by Crippen LogP contribution is -2.49. The predicted octanol–water partition coefficient (Wildman–Crippen LogP) is 2.99. The van der Waals surface area contributed by atoms with Crippen LogP contribution in [0.2, 0.25) is 0 Å². The minimum absolute atomic E-state index is 0.0679. The Labute approximate surface area is 124 Å². The monoisotopic (exact) mass is 375 g/mol. The van der Waals surface area contributed by atoms with Crippen LogP contribution in [-0.4, -0.2) is 41.9 Å². The van der Waals surface area contributed by atoms with E-state index in [4.69, 9.17) is 4.74 Å². The number of morpholine rings is 1. The molecule has 1 aliphatic rings. The first-order valence-corrected chi connectivity index (χ1v) is 7.76. The molecule has 2 rings (SSSR count). The molecule has 1 aromatic rings. The van der Waals surface area contributed by atoms with E-state index < -0.39 is 0 Å². The Bertz CT molecular complexity index is 451. The van der Waals surface area contributed by atoms with Gasteiger partial charge in [0.2, 0.25) is 0 Å². The second-order valence-electron chi connectivity index (χ2n) is 4.32. The fourth-order valence-electron chi connectivity index (χ4n) is 2.02. The van der Waals surface area contributed by atoms with Crippen LogP contribution in [0.3, 0.4) is 0 Å². The first-order chi connectivity index (χ1) is 8.65. The Balaban J connectivity index is 2.27. The zero-order valence-electron chi connectivity index (χ0n) is 10.2. The minimum atomic E-state index is 0.0679. The van der Waals surface area contributed by atoms with Gasteiger partial charge >= 0.3 is 0 Å². The lowest BCUT2D eigenvalue weighted by atomic mass is 10.1. The van der Waals surface area contributed by atoms with Gasteiger partial charge in [-0.1, -0.05) is 28.1 Å². The summed E-state index contributed by atoms with van der Waals surface area (Å²) >= 11 is 6.94. The second-order valence-corrected chi connectivity index (χ2v) is 5.76. The molecule has 0 N–H and O–H groups in total. The van der Waals surface area contributed by atoms with E-state index in [2.05, 4.69) is 31.9 Å². The molecular weight excluding hydrogens is 362 g/mol. The van der Waals surface area contributed by atoms with Gasteiger partial charge in [0.15, 0.2) is 0 Å². The Hall–Kier alpha value is -0.390. The molecule has 1 unspecified atom stereocenters. The molecule has 1 fully saturated rings. The van der Waals surface area contributed by atoms with Gasteiger partial charge in [0, 0.05) is 16.3 Å². The highest BCUT2D eigenvalue weighted by molar-refractivity contribution is 9.10. The molecule has 98 valence electrons. The van der Waals surface area contributed by atoms with Gasteiger partial charge in [0.25, 0.3) is 5.91 Å². The molecule has 1 atom stereocenters. The predicted molar refractivity (Wildman–Crippen MR) is 78.3 cm³/mol. The number of alkyl halides is 1. The number of carbonyl (C=O) groups excluding carboxylic acids is 1. The molecule has 1 aliphatic heterocycles. The highest BCUT2D eigenvalue weighted by Gasteiger charge is 2.28. The maximum absolute atomic E-state index is 12.6. The molecule has 0 bridgehead atoms. The fourth-order valence-corrected chi connectivity index (χ4v) is 2.99. The number of aryl methyl sites for hydroxylation is 1. The molecule has 0 aromatic heterocycles. The topological polar surface area (TPSA) is 29.5 Å². The van der Waals surface area contributed by atoms with Gasteiger partial charge < -0.3 is 9.64 Å². The van der Waals surface area contributed by atoms with Crippen molar-refractivity contribution in [2.24, 2.45) is 0 Å². The summed E-state index contributed by atoms with van der Waals surface area (Å²) in [6.45, 7) is 3.84. The molecule has 1 saturated heterocycles. The number of hydrogen-bond donors (Lipinski definition) is 0. The molecule has 3 nitrogen and oxygen atoms in total. The number of halogens is 2. The van der Waals surface area contributed by atoms with Gasteiger partial charge in [-0.25, -0.2) is 0 Å². The fraction of sp³-hybridized carbons (Fsp3) is 0.462. The summed E-state index contributed by atoms with van der Waals surface area (Å²) in [6.07, 6.45) is 0.